The minimum absolute atomic E-state index is 0.00169. The number of aliphatic imine (C=N–C) groups is 1. The zero-order valence-corrected chi connectivity index (χ0v) is 17.3. The normalized spacial score (nSPS) is 21.8. The second-order valence-electron chi connectivity index (χ2n) is 6.81. The molecule has 2 atom stereocenters. The monoisotopic (exact) mass is 396 g/mol. The van der Waals surface area contributed by atoms with Crippen LogP contribution in [0.4, 0.5) is 0 Å². The smallest absolute Gasteiger partial charge is 0.216 e. The predicted molar refractivity (Wildman–Crippen MR) is 109 cm³/mol. The number of hydrogen-bond acceptors (Lipinski definition) is 4. The fourth-order valence-corrected chi connectivity index (χ4v) is 4.53. The van der Waals surface area contributed by atoms with Crippen LogP contribution in [0, 0.1) is 0 Å². The van der Waals surface area contributed by atoms with Gasteiger partial charge in [-0.2, -0.15) is 4.31 Å². The zero-order valence-electron chi connectivity index (χ0n) is 16.5. The number of hydrogen-bond donors (Lipinski definition) is 2. The molecule has 0 amide bonds. The Kier molecular flexibility index (Phi) is 8.53. The fourth-order valence-electron chi connectivity index (χ4n) is 3.07. The van der Waals surface area contributed by atoms with Gasteiger partial charge in [0.05, 0.1) is 24.5 Å². The molecule has 0 saturated carbocycles. The molecule has 0 spiro atoms. The van der Waals surface area contributed by atoms with Crippen LogP contribution in [0.2, 0.25) is 0 Å². The lowest BCUT2D eigenvalue weighted by Gasteiger charge is -2.34. The summed E-state index contributed by atoms with van der Waals surface area (Å²) in [4.78, 5) is 4.42. The lowest BCUT2D eigenvalue weighted by Crippen LogP contribution is -2.49. The van der Waals surface area contributed by atoms with Gasteiger partial charge in [-0.1, -0.05) is 30.3 Å². The van der Waals surface area contributed by atoms with Crippen molar-refractivity contribution in [3.8, 4) is 0 Å². The minimum Gasteiger partial charge on any atom is -0.373 e. The van der Waals surface area contributed by atoms with Crippen molar-refractivity contribution in [1.82, 2.24) is 14.9 Å². The number of morpholine rings is 1. The van der Waals surface area contributed by atoms with E-state index in [2.05, 4.69) is 27.8 Å². The van der Waals surface area contributed by atoms with Gasteiger partial charge in [-0.15, -0.1) is 0 Å². The Morgan fingerprint density at radius 2 is 1.85 bits per heavy atom. The molecule has 2 rings (SSSR count). The molecule has 0 aromatic heterocycles. The van der Waals surface area contributed by atoms with Crippen molar-refractivity contribution in [2.24, 2.45) is 4.99 Å². The van der Waals surface area contributed by atoms with E-state index in [0.29, 0.717) is 19.0 Å². The second kappa shape index (κ2) is 10.6. The SMILES string of the molecule is CCNC(=NCCS(=O)(=O)N1CC(C)OC(C)C1)NCCc1ccccc1. The predicted octanol–water partition coefficient (Wildman–Crippen LogP) is 1.22. The van der Waals surface area contributed by atoms with E-state index in [0.717, 1.165) is 19.5 Å². The van der Waals surface area contributed by atoms with Crippen molar-refractivity contribution in [3.63, 3.8) is 0 Å². The molecule has 0 bridgehead atoms. The molecule has 27 heavy (non-hydrogen) atoms. The highest BCUT2D eigenvalue weighted by Gasteiger charge is 2.30. The average Bonchev–Trinajstić information content (AvgIpc) is 2.62. The molecule has 1 aliphatic rings. The van der Waals surface area contributed by atoms with E-state index in [-0.39, 0.29) is 24.5 Å². The van der Waals surface area contributed by atoms with Crippen LogP contribution in [-0.2, 0) is 21.2 Å². The van der Waals surface area contributed by atoms with Gasteiger partial charge in [-0.25, -0.2) is 8.42 Å². The van der Waals surface area contributed by atoms with Crippen molar-refractivity contribution in [2.45, 2.75) is 39.4 Å². The average molecular weight is 397 g/mol. The summed E-state index contributed by atoms with van der Waals surface area (Å²) in [6.45, 7) is 8.29. The number of rotatable bonds is 8. The van der Waals surface area contributed by atoms with E-state index < -0.39 is 10.0 Å². The molecule has 7 nitrogen and oxygen atoms in total. The third-order valence-electron chi connectivity index (χ3n) is 4.29. The van der Waals surface area contributed by atoms with Crippen molar-refractivity contribution >= 4 is 16.0 Å². The van der Waals surface area contributed by atoms with Crippen LogP contribution in [0.25, 0.3) is 0 Å². The van der Waals surface area contributed by atoms with E-state index in [1.807, 2.05) is 39.0 Å². The Hall–Kier alpha value is -1.64. The maximum absolute atomic E-state index is 12.6. The molecule has 1 aromatic carbocycles. The standard InChI is InChI=1S/C19H32N4O3S/c1-4-20-19(21-11-10-18-8-6-5-7-9-18)22-12-13-27(24,25)23-14-16(2)26-17(3)15-23/h5-9,16-17H,4,10-15H2,1-3H3,(H2,20,21,22). The summed E-state index contributed by atoms with van der Waals surface area (Å²) < 4.78 is 32.3. The molecule has 1 aromatic rings. The molecule has 0 aliphatic carbocycles. The fraction of sp³-hybridized carbons (Fsp3) is 0.632. The Bertz CT molecular complexity index is 684. The van der Waals surface area contributed by atoms with Crippen molar-refractivity contribution in [2.75, 3.05) is 38.5 Å². The van der Waals surface area contributed by atoms with Crippen molar-refractivity contribution < 1.29 is 13.2 Å². The summed E-state index contributed by atoms with van der Waals surface area (Å²) >= 11 is 0. The van der Waals surface area contributed by atoms with Crippen LogP contribution in [0.1, 0.15) is 26.3 Å². The topological polar surface area (TPSA) is 83.0 Å². The van der Waals surface area contributed by atoms with Gasteiger partial charge in [-0.05, 0) is 32.8 Å². The van der Waals surface area contributed by atoms with Crippen LogP contribution in [-0.4, -0.2) is 69.4 Å². The van der Waals surface area contributed by atoms with Gasteiger partial charge < -0.3 is 15.4 Å². The van der Waals surface area contributed by atoms with Gasteiger partial charge >= 0.3 is 0 Å². The number of ether oxygens (including phenoxy) is 1. The maximum atomic E-state index is 12.6. The van der Waals surface area contributed by atoms with Gasteiger partial charge in [0.2, 0.25) is 10.0 Å². The zero-order chi connectivity index (χ0) is 19.7. The molecule has 2 N–H and O–H groups in total. The number of nitrogens with zero attached hydrogens (tertiary/aromatic N) is 2. The first-order valence-electron chi connectivity index (χ1n) is 9.60. The summed E-state index contributed by atoms with van der Waals surface area (Å²) in [6, 6.07) is 10.2. The Labute approximate surface area is 163 Å². The van der Waals surface area contributed by atoms with E-state index in [9.17, 15) is 8.42 Å². The summed E-state index contributed by atoms with van der Waals surface area (Å²) in [5.41, 5.74) is 1.25. The van der Waals surface area contributed by atoms with Crippen LogP contribution >= 0.6 is 0 Å². The first kappa shape index (κ1) is 21.7. The lowest BCUT2D eigenvalue weighted by atomic mass is 10.1. The van der Waals surface area contributed by atoms with Gasteiger partial charge in [0, 0.05) is 26.2 Å². The van der Waals surface area contributed by atoms with E-state index in [4.69, 9.17) is 4.74 Å². The molecule has 1 saturated heterocycles. The molecule has 2 unspecified atom stereocenters. The van der Waals surface area contributed by atoms with Crippen molar-refractivity contribution in [1.29, 1.82) is 0 Å². The maximum Gasteiger partial charge on any atom is 0.216 e. The quantitative estimate of drug-likeness (QED) is 0.510. The number of benzene rings is 1. The van der Waals surface area contributed by atoms with Gasteiger partial charge in [-0.3, -0.25) is 4.99 Å². The molecular formula is C19H32N4O3S. The summed E-state index contributed by atoms with van der Waals surface area (Å²) in [6.07, 6.45) is 0.723. The minimum atomic E-state index is -3.33. The third-order valence-corrected chi connectivity index (χ3v) is 6.08. The Morgan fingerprint density at radius 1 is 1.19 bits per heavy atom. The number of guanidine groups is 1. The molecule has 1 heterocycles. The molecule has 8 heteroatoms. The van der Waals surface area contributed by atoms with E-state index in [1.165, 1.54) is 9.87 Å². The largest absolute Gasteiger partial charge is 0.373 e. The van der Waals surface area contributed by atoms with Crippen molar-refractivity contribution in [3.05, 3.63) is 35.9 Å². The molecular weight excluding hydrogens is 364 g/mol. The van der Waals surface area contributed by atoms with Gasteiger partial charge in [0.15, 0.2) is 5.96 Å². The summed E-state index contributed by atoms with van der Waals surface area (Å²) in [5, 5.41) is 6.42. The summed E-state index contributed by atoms with van der Waals surface area (Å²) in [7, 11) is -3.33. The summed E-state index contributed by atoms with van der Waals surface area (Å²) in [5.74, 6) is 0.647. The first-order chi connectivity index (χ1) is 12.9. The first-order valence-corrected chi connectivity index (χ1v) is 11.2. The highest BCUT2D eigenvalue weighted by Crippen LogP contribution is 2.14. The van der Waals surface area contributed by atoms with Crippen LogP contribution in [0.3, 0.4) is 0 Å². The van der Waals surface area contributed by atoms with Crippen LogP contribution < -0.4 is 10.6 Å². The highest BCUT2D eigenvalue weighted by atomic mass is 32.2. The molecule has 0 radical (unpaired) electrons. The lowest BCUT2D eigenvalue weighted by molar-refractivity contribution is -0.0440. The highest BCUT2D eigenvalue weighted by molar-refractivity contribution is 7.89. The number of sulfonamides is 1. The van der Waals surface area contributed by atoms with Crippen LogP contribution in [0.15, 0.2) is 35.3 Å². The number of nitrogens with one attached hydrogen (secondary N) is 2. The Balaban J connectivity index is 1.84. The molecule has 1 aliphatic heterocycles. The van der Waals surface area contributed by atoms with E-state index >= 15 is 0 Å². The van der Waals surface area contributed by atoms with Crippen LogP contribution in [0.5, 0.6) is 0 Å². The van der Waals surface area contributed by atoms with Gasteiger partial charge in [0.1, 0.15) is 0 Å². The third kappa shape index (κ3) is 7.48. The van der Waals surface area contributed by atoms with E-state index in [1.54, 1.807) is 0 Å². The molecule has 152 valence electrons. The Morgan fingerprint density at radius 3 is 2.48 bits per heavy atom. The second-order valence-corrected chi connectivity index (χ2v) is 8.90. The van der Waals surface area contributed by atoms with Gasteiger partial charge in [0.25, 0.3) is 0 Å². The molecule has 1 fully saturated rings.